The molecule has 33 heavy (non-hydrogen) atoms. The summed E-state index contributed by atoms with van der Waals surface area (Å²) < 4.78 is 5.25. The molecule has 1 amide bonds. The minimum Gasteiger partial charge on any atom is -0.497 e. The highest BCUT2D eigenvalue weighted by molar-refractivity contribution is 6.03. The molecule has 0 spiro atoms. The topological polar surface area (TPSA) is 75.0 Å². The number of carbonyl (C=O) groups is 1. The van der Waals surface area contributed by atoms with Crippen molar-refractivity contribution in [1.82, 2.24) is 4.98 Å². The lowest BCUT2D eigenvalue weighted by Crippen LogP contribution is -2.37. The number of para-hydroxylation sites is 1. The first kappa shape index (κ1) is 22.0. The molecule has 164 valence electrons. The Morgan fingerprint density at radius 3 is 2.45 bits per heavy atom. The molecule has 4 rings (SSSR count). The molecule has 4 aromatic rings. The third-order valence-electron chi connectivity index (χ3n) is 5.88. The van der Waals surface area contributed by atoms with Crippen molar-refractivity contribution >= 4 is 22.5 Å². The zero-order chi connectivity index (χ0) is 23.1. The van der Waals surface area contributed by atoms with Crippen LogP contribution in [0.5, 0.6) is 5.75 Å². The predicted molar refractivity (Wildman–Crippen MR) is 130 cm³/mol. The van der Waals surface area contributed by atoms with E-state index in [0.717, 1.165) is 22.3 Å². The summed E-state index contributed by atoms with van der Waals surface area (Å²) in [5.74, 6) is 0.409. The zero-order valence-electron chi connectivity index (χ0n) is 18.5. The number of nitrogens with one attached hydrogen (secondary N) is 1. The highest BCUT2D eigenvalue weighted by Gasteiger charge is 2.39. The molecular weight excluding hydrogens is 410 g/mol. The van der Waals surface area contributed by atoms with Gasteiger partial charge in [-0.2, -0.15) is 5.26 Å². The van der Waals surface area contributed by atoms with E-state index in [4.69, 9.17) is 4.74 Å². The first-order chi connectivity index (χ1) is 16.1. The van der Waals surface area contributed by atoms with E-state index in [1.54, 1.807) is 13.3 Å². The van der Waals surface area contributed by atoms with Crippen LogP contribution in [0, 0.1) is 16.7 Å². The van der Waals surface area contributed by atoms with Crippen LogP contribution in [0.3, 0.4) is 0 Å². The Bertz CT molecular complexity index is 1270. The fraction of sp³-hybridized carbons (Fsp3) is 0.179. The maximum atomic E-state index is 13.7. The minimum absolute atomic E-state index is 0.296. The Morgan fingerprint density at radius 1 is 0.970 bits per heavy atom. The van der Waals surface area contributed by atoms with Gasteiger partial charge in [-0.3, -0.25) is 9.78 Å². The fourth-order valence-corrected chi connectivity index (χ4v) is 3.97. The van der Waals surface area contributed by atoms with Crippen molar-refractivity contribution < 1.29 is 9.53 Å². The van der Waals surface area contributed by atoms with E-state index in [-0.39, 0.29) is 5.91 Å². The number of hydrogen-bond donors (Lipinski definition) is 1. The summed E-state index contributed by atoms with van der Waals surface area (Å²) in [7, 11) is 1.61. The number of pyridine rings is 1. The Hall–Kier alpha value is -4.17. The van der Waals surface area contributed by atoms with Crippen molar-refractivity contribution in [3.8, 4) is 11.8 Å². The number of aromatic nitrogens is 1. The van der Waals surface area contributed by atoms with Gasteiger partial charge < -0.3 is 10.1 Å². The van der Waals surface area contributed by atoms with Gasteiger partial charge in [0.05, 0.1) is 24.4 Å². The summed E-state index contributed by atoms with van der Waals surface area (Å²) in [6.07, 6.45) is 3.00. The van der Waals surface area contributed by atoms with Crippen LogP contribution in [0.1, 0.15) is 17.5 Å². The smallest absolute Gasteiger partial charge is 0.245 e. The highest BCUT2D eigenvalue weighted by Crippen LogP contribution is 2.32. The Morgan fingerprint density at radius 2 is 1.73 bits per heavy atom. The normalized spacial score (nSPS) is 12.5. The quantitative estimate of drug-likeness (QED) is 0.393. The number of ether oxygens (including phenoxy) is 1. The molecule has 0 saturated carbocycles. The molecule has 5 nitrogen and oxygen atoms in total. The van der Waals surface area contributed by atoms with Gasteiger partial charge in [-0.25, -0.2) is 0 Å². The number of fused-ring (bicyclic) bond motifs is 1. The molecule has 0 aliphatic heterocycles. The monoisotopic (exact) mass is 435 g/mol. The van der Waals surface area contributed by atoms with Crippen molar-refractivity contribution in [2.24, 2.45) is 5.41 Å². The molecule has 1 heterocycles. The molecule has 0 bridgehead atoms. The highest BCUT2D eigenvalue weighted by atomic mass is 16.5. The molecule has 0 saturated heterocycles. The number of carbonyl (C=O) groups excluding carboxylic acids is 1. The Kier molecular flexibility index (Phi) is 6.66. The molecule has 0 aliphatic carbocycles. The van der Waals surface area contributed by atoms with E-state index < -0.39 is 5.41 Å². The van der Waals surface area contributed by atoms with Crippen LogP contribution in [0.15, 0.2) is 91.1 Å². The van der Waals surface area contributed by atoms with Crippen molar-refractivity contribution in [1.29, 1.82) is 5.26 Å². The third kappa shape index (κ3) is 5.02. The summed E-state index contributed by atoms with van der Waals surface area (Å²) >= 11 is 0. The van der Waals surface area contributed by atoms with Gasteiger partial charge >= 0.3 is 0 Å². The first-order valence-electron chi connectivity index (χ1n) is 10.9. The van der Waals surface area contributed by atoms with Gasteiger partial charge in [0.2, 0.25) is 5.91 Å². The zero-order valence-corrected chi connectivity index (χ0v) is 18.5. The van der Waals surface area contributed by atoms with E-state index >= 15 is 0 Å². The van der Waals surface area contributed by atoms with Crippen molar-refractivity contribution in [2.75, 3.05) is 12.4 Å². The largest absolute Gasteiger partial charge is 0.497 e. The van der Waals surface area contributed by atoms with Gasteiger partial charge in [0.15, 0.2) is 0 Å². The number of aryl methyl sites for hydroxylation is 1. The lowest BCUT2D eigenvalue weighted by Gasteiger charge is -2.26. The van der Waals surface area contributed by atoms with Crippen LogP contribution in [0.2, 0.25) is 0 Å². The standard InChI is InChI=1S/C28H25N3O2/c1-33-24-14-12-22(13-15-24)19-28(20-29,17-16-21-7-3-2-4-8-21)27(32)31-25-11-5-9-23-10-6-18-30-26(23)25/h2-15,18H,16-17,19H2,1H3,(H,31,32). The lowest BCUT2D eigenvalue weighted by atomic mass is 9.77. The van der Waals surface area contributed by atoms with Crippen molar-refractivity contribution in [3.63, 3.8) is 0 Å². The second-order valence-electron chi connectivity index (χ2n) is 8.04. The van der Waals surface area contributed by atoms with Crippen molar-refractivity contribution in [3.05, 3.63) is 102 Å². The number of nitrogens with zero attached hydrogens (tertiary/aromatic N) is 2. The van der Waals surface area contributed by atoms with E-state index in [1.807, 2.05) is 84.9 Å². The van der Waals surface area contributed by atoms with E-state index in [2.05, 4.69) is 16.4 Å². The summed E-state index contributed by atoms with van der Waals surface area (Å²) in [5.41, 5.74) is 2.05. The van der Waals surface area contributed by atoms with Crippen molar-refractivity contribution in [2.45, 2.75) is 19.3 Å². The van der Waals surface area contributed by atoms with Gasteiger partial charge in [0.25, 0.3) is 0 Å². The Labute approximate surface area is 193 Å². The fourth-order valence-electron chi connectivity index (χ4n) is 3.97. The first-order valence-corrected chi connectivity index (χ1v) is 10.9. The average molecular weight is 436 g/mol. The SMILES string of the molecule is COc1ccc(CC(C#N)(CCc2ccccc2)C(=O)Nc2cccc3cccnc23)cc1. The lowest BCUT2D eigenvalue weighted by molar-refractivity contribution is -0.123. The summed E-state index contributed by atoms with van der Waals surface area (Å²) in [4.78, 5) is 18.1. The van der Waals surface area contributed by atoms with Crippen LogP contribution in [-0.2, 0) is 17.6 Å². The van der Waals surface area contributed by atoms with Crippen LogP contribution in [0.4, 0.5) is 5.69 Å². The van der Waals surface area contributed by atoms with E-state index in [9.17, 15) is 10.1 Å². The molecular formula is C28H25N3O2. The molecule has 1 unspecified atom stereocenters. The summed E-state index contributed by atoms with van der Waals surface area (Å²) in [5, 5.41) is 14.3. The second kappa shape index (κ2) is 9.97. The van der Waals surface area contributed by atoms with Crippen LogP contribution >= 0.6 is 0 Å². The number of nitriles is 1. The number of rotatable bonds is 8. The average Bonchev–Trinajstić information content (AvgIpc) is 2.88. The number of methoxy groups -OCH3 is 1. The Balaban J connectivity index is 1.66. The molecule has 1 aromatic heterocycles. The molecule has 1 atom stereocenters. The molecule has 3 aromatic carbocycles. The van der Waals surface area contributed by atoms with Gasteiger partial charge in [-0.15, -0.1) is 0 Å². The predicted octanol–water partition coefficient (Wildman–Crippen LogP) is 5.57. The van der Waals surface area contributed by atoms with Gasteiger partial charge in [0.1, 0.15) is 11.2 Å². The maximum absolute atomic E-state index is 13.7. The third-order valence-corrected chi connectivity index (χ3v) is 5.88. The van der Waals surface area contributed by atoms with E-state index in [1.165, 1.54) is 0 Å². The number of benzene rings is 3. The summed E-state index contributed by atoms with van der Waals surface area (Å²) in [6, 6.07) is 29.2. The summed E-state index contributed by atoms with van der Waals surface area (Å²) in [6.45, 7) is 0. The number of hydrogen-bond acceptors (Lipinski definition) is 4. The van der Waals surface area contributed by atoms with Gasteiger partial charge in [0, 0.05) is 18.0 Å². The molecule has 5 heteroatoms. The molecule has 0 fully saturated rings. The van der Waals surface area contributed by atoms with Gasteiger partial charge in [-0.05, 0) is 48.2 Å². The molecule has 0 radical (unpaired) electrons. The molecule has 0 aliphatic rings. The van der Waals surface area contributed by atoms with E-state index in [0.29, 0.717) is 30.5 Å². The molecule has 1 N–H and O–H groups in total. The van der Waals surface area contributed by atoms with Gasteiger partial charge in [-0.1, -0.05) is 60.7 Å². The number of amides is 1. The van der Waals surface area contributed by atoms with Crippen LogP contribution in [0.25, 0.3) is 10.9 Å². The minimum atomic E-state index is -1.25. The second-order valence-corrected chi connectivity index (χ2v) is 8.04. The van der Waals surface area contributed by atoms with Crippen LogP contribution in [-0.4, -0.2) is 18.0 Å². The van der Waals surface area contributed by atoms with Crippen LogP contribution < -0.4 is 10.1 Å². The number of anilines is 1. The maximum Gasteiger partial charge on any atom is 0.245 e.